The number of nitrogens with zero attached hydrogens (tertiary/aromatic N) is 3. The van der Waals surface area contributed by atoms with Crippen LogP contribution in [0.5, 0.6) is 0 Å². The number of aliphatic hydroxyl groups is 1. The molecule has 4 atom stereocenters. The van der Waals surface area contributed by atoms with Crippen LogP contribution in [0.4, 0.5) is 9.59 Å². The standard InChI is InChI=1S/C33H43N5O5S/c1-22-34-26(21-44-22)20-37-15-16-38(32(37)43)29(33(2,3)4)30(40)35-25(17-23-11-7-5-8-12-23)19-28(39)27(36-31(41)42)18-24-13-9-6-10-14-24/h5-14,21,25,27-29,36,39H,15-20H2,1-4H3,(H,35,40)(H,41,42)/t25-,27-,28+,29+/m0/s1. The highest BCUT2D eigenvalue weighted by atomic mass is 32.1. The Morgan fingerprint density at radius 3 is 2.14 bits per heavy atom. The van der Waals surface area contributed by atoms with E-state index in [0.717, 1.165) is 21.8 Å². The molecular formula is C33H43N5O5S. The summed E-state index contributed by atoms with van der Waals surface area (Å²) in [5.41, 5.74) is 2.09. The van der Waals surface area contributed by atoms with Crippen LogP contribution in [-0.2, 0) is 24.2 Å². The van der Waals surface area contributed by atoms with Gasteiger partial charge < -0.3 is 30.6 Å². The molecule has 2 heterocycles. The highest BCUT2D eigenvalue weighted by Crippen LogP contribution is 2.29. The van der Waals surface area contributed by atoms with Crippen LogP contribution in [0.1, 0.15) is 49.0 Å². The van der Waals surface area contributed by atoms with Crippen molar-refractivity contribution in [3.05, 3.63) is 87.9 Å². The number of aryl methyl sites for hydroxylation is 1. The van der Waals surface area contributed by atoms with Gasteiger partial charge in [0, 0.05) is 24.5 Å². The van der Waals surface area contributed by atoms with E-state index in [0.29, 0.717) is 32.5 Å². The van der Waals surface area contributed by atoms with Crippen molar-refractivity contribution in [1.29, 1.82) is 0 Å². The maximum Gasteiger partial charge on any atom is 0.404 e. The minimum Gasteiger partial charge on any atom is -0.465 e. The van der Waals surface area contributed by atoms with Gasteiger partial charge >= 0.3 is 12.1 Å². The van der Waals surface area contributed by atoms with Crippen molar-refractivity contribution in [3.63, 3.8) is 0 Å². The third kappa shape index (κ3) is 9.03. The maximum absolute atomic E-state index is 14.1. The second kappa shape index (κ2) is 14.7. The van der Waals surface area contributed by atoms with Crippen LogP contribution in [-0.4, -0.2) is 80.3 Å². The predicted octanol–water partition coefficient (Wildman–Crippen LogP) is 4.46. The van der Waals surface area contributed by atoms with Crippen molar-refractivity contribution in [3.8, 4) is 0 Å². The third-order valence-electron chi connectivity index (χ3n) is 7.80. The molecule has 44 heavy (non-hydrogen) atoms. The molecule has 1 aliphatic rings. The van der Waals surface area contributed by atoms with E-state index in [9.17, 15) is 24.6 Å². The predicted molar refractivity (Wildman–Crippen MR) is 170 cm³/mol. The number of hydrogen-bond acceptors (Lipinski definition) is 6. The zero-order chi connectivity index (χ0) is 31.9. The Bertz CT molecular complexity index is 1390. The van der Waals surface area contributed by atoms with Crippen LogP contribution in [0.3, 0.4) is 0 Å². The van der Waals surface area contributed by atoms with Gasteiger partial charge in [0.15, 0.2) is 0 Å². The van der Waals surface area contributed by atoms with Gasteiger partial charge in [0.1, 0.15) is 6.04 Å². The normalized spacial score (nSPS) is 16.3. The summed E-state index contributed by atoms with van der Waals surface area (Å²) in [7, 11) is 0. The van der Waals surface area contributed by atoms with Gasteiger partial charge in [0.25, 0.3) is 0 Å². The highest BCUT2D eigenvalue weighted by molar-refractivity contribution is 7.09. The van der Waals surface area contributed by atoms with Gasteiger partial charge in [-0.1, -0.05) is 81.4 Å². The van der Waals surface area contributed by atoms with Crippen molar-refractivity contribution in [2.45, 2.75) is 77.7 Å². The van der Waals surface area contributed by atoms with Crippen LogP contribution < -0.4 is 10.6 Å². The largest absolute Gasteiger partial charge is 0.465 e. The number of aliphatic hydroxyl groups excluding tert-OH is 1. The van der Waals surface area contributed by atoms with Crippen molar-refractivity contribution in [1.82, 2.24) is 25.4 Å². The van der Waals surface area contributed by atoms with Gasteiger partial charge in [-0.25, -0.2) is 14.6 Å². The first-order valence-corrected chi connectivity index (χ1v) is 15.8. The summed E-state index contributed by atoms with van der Waals surface area (Å²) < 4.78 is 0. The topological polar surface area (TPSA) is 135 Å². The number of carbonyl (C=O) groups excluding carboxylic acids is 2. The number of aromatic nitrogens is 1. The molecule has 0 radical (unpaired) electrons. The summed E-state index contributed by atoms with van der Waals surface area (Å²) in [5, 5.41) is 29.4. The summed E-state index contributed by atoms with van der Waals surface area (Å²) in [6, 6.07) is 16.7. The second-order valence-electron chi connectivity index (χ2n) is 12.5. The fourth-order valence-corrected chi connectivity index (χ4v) is 6.41. The van der Waals surface area contributed by atoms with Crippen molar-refractivity contribution in [2.75, 3.05) is 13.1 Å². The van der Waals surface area contributed by atoms with E-state index in [1.165, 1.54) is 11.3 Å². The van der Waals surface area contributed by atoms with Gasteiger partial charge in [-0.05, 0) is 42.7 Å². The molecule has 1 fully saturated rings. The number of carbonyl (C=O) groups is 3. The molecule has 1 aromatic heterocycles. The van der Waals surface area contributed by atoms with E-state index in [-0.39, 0.29) is 18.4 Å². The minimum atomic E-state index is -1.23. The summed E-state index contributed by atoms with van der Waals surface area (Å²) >= 11 is 1.54. The zero-order valence-electron chi connectivity index (χ0n) is 25.8. The Morgan fingerprint density at radius 1 is 0.977 bits per heavy atom. The number of urea groups is 1. The average molecular weight is 622 g/mol. The van der Waals surface area contributed by atoms with Crippen LogP contribution in [0.2, 0.25) is 0 Å². The lowest BCUT2D eigenvalue weighted by molar-refractivity contribution is -0.129. The molecule has 4 amide bonds. The fourth-order valence-electron chi connectivity index (χ4n) is 5.80. The molecule has 11 heteroatoms. The van der Waals surface area contributed by atoms with Crippen LogP contribution in [0.25, 0.3) is 0 Å². The van der Waals surface area contributed by atoms with E-state index in [1.54, 1.807) is 9.80 Å². The molecule has 10 nitrogen and oxygen atoms in total. The Hall–Kier alpha value is -3.96. The Balaban J connectivity index is 1.53. The van der Waals surface area contributed by atoms with E-state index in [4.69, 9.17) is 0 Å². The first-order chi connectivity index (χ1) is 20.9. The number of nitrogens with one attached hydrogen (secondary N) is 2. The number of benzene rings is 2. The zero-order valence-corrected chi connectivity index (χ0v) is 26.6. The van der Waals surface area contributed by atoms with Gasteiger partial charge in [0.05, 0.1) is 29.4 Å². The number of amides is 4. The lowest BCUT2D eigenvalue weighted by Crippen LogP contribution is -2.57. The van der Waals surface area contributed by atoms with E-state index < -0.39 is 35.7 Å². The molecule has 3 aromatic rings. The molecule has 0 bridgehead atoms. The molecule has 1 aliphatic heterocycles. The molecule has 0 spiro atoms. The molecule has 2 aromatic carbocycles. The quantitative estimate of drug-likeness (QED) is 0.223. The lowest BCUT2D eigenvalue weighted by Gasteiger charge is -2.38. The van der Waals surface area contributed by atoms with Gasteiger partial charge in [-0.15, -0.1) is 11.3 Å². The first-order valence-electron chi connectivity index (χ1n) is 14.9. The average Bonchev–Trinajstić information content (AvgIpc) is 3.53. The summed E-state index contributed by atoms with van der Waals surface area (Å²) in [6.45, 7) is 9.02. The second-order valence-corrected chi connectivity index (χ2v) is 13.5. The smallest absolute Gasteiger partial charge is 0.404 e. The minimum absolute atomic E-state index is 0.110. The van der Waals surface area contributed by atoms with E-state index >= 15 is 0 Å². The van der Waals surface area contributed by atoms with Gasteiger partial charge in [-0.3, -0.25) is 4.79 Å². The van der Waals surface area contributed by atoms with Crippen LogP contribution in [0.15, 0.2) is 66.0 Å². The van der Waals surface area contributed by atoms with Gasteiger partial charge in [0.2, 0.25) is 5.91 Å². The SMILES string of the molecule is Cc1nc(CN2CCN([C@H](C(=O)N[C@@H](Cc3ccccc3)C[C@@H](O)[C@H](Cc3ccccc3)NC(=O)O)C(C)(C)C)C2=O)cs1. The molecule has 4 rings (SSSR count). The molecule has 0 aliphatic carbocycles. The maximum atomic E-state index is 14.1. The molecular weight excluding hydrogens is 578 g/mol. The van der Waals surface area contributed by atoms with Gasteiger partial charge in [-0.2, -0.15) is 0 Å². The number of rotatable bonds is 13. The molecule has 236 valence electrons. The summed E-state index contributed by atoms with van der Waals surface area (Å²) in [4.78, 5) is 47.1. The van der Waals surface area contributed by atoms with Crippen LogP contribution >= 0.6 is 11.3 Å². The van der Waals surface area contributed by atoms with Crippen molar-refractivity contribution < 1.29 is 24.6 Å². The summed E-state index contributed by atoms with van der Waals surface area (Å²) in [5.74, 6) is -0.309. The summed E-state index contributed by atoms with van der Waals surface area (Å²) in [6.07, 6.45) is -1.49. The lowest BCUT2D eigenvalue weighted by atomic mass is 9.84. The Kier molecular flexibility index (Phi) is 11.0. The molecule has 1 saturated heterocycles. The molecule has 4 N–H and O–H groups in total. The van der Waals surface area contributed by atoms with Crippen molar-refractivity contribution >= 4 is 29.4 Å². The third-order valence-corrected chi connectivity index (χ3v) is 8.62. The van der Waals surface area contributed by atoms with Crippen molar-refractivity contribution in [2.24, 2.45) is 5.41 Å². The highest BCUT2D eigenvalue weighted by Gasteiger charge is 2.44. The first kappa shape index (κ1) is 32.9. The Labute approximate surface area is 263 Å². The molecule has 0 saturated carbocycles. The number of thiazole rings is 1. The monoisotopic (exact) mass is 621 g/mol. The number of carboxylic acid groups (broad SMARTS) is 1. The van der Waals surface area contributed by atoms with Crippen LogP contribution in [0, 0.1) is 12.3 Å². The number of hydrogen-bond donors (Lipinski definition) is 4. The fraction of sp³-hybridized carbons (Fsp3) is 0.455. The Morgan fingerprint density at radius 2 is 1.59 bits per heavy atom. The molecule has 0 unspecified atom stereocenters. The van der Waals surface area contributed by atoms with E-state index in [1.807, 2.05) is 93.7 Å². The van der Waals surface area contributed by atoms with E-state index in [2.05, 4.69) is 15.6 Å².